The molecule has 1 aromatic heterocycles. The summed E-state index contributed by atoms with van der Waals surface area (Å²) in [4.78, 5) is 17.8. The summed E-state index contributed by atoms with van der Waals surface area (Å²) in [7, 11) is 1.86. The number of amides is 1. The lowest BCUT2D eigenvalue weighted by Gasteiger charge is -2.23. The van der Waals surface area contributed by atoms with Crippen molar-refractivity contribution in [2.75, 3.05) is 24.3 Å². The highest BCUT2D eigenvalue weighted by atomic mass is 32.2. The van der Waals surface area contributed by atoms with E-state index in [0.29, 0.717) is 17.4 Å². The molecule has 1 atom stereocenters. The highest BCUT2D eigenvalue weighted by molar-refractivity contribution is 7.99. The van der Waals surface area contributed by atoms with E-state index in [0.717, 1.165) is 17.9 Å². The van der Waals surface area contributed by atoms with Crippen LogP contribution >= 0.6 is 11.8 Å². The summed E-state index contributed by atoms with van der Waals surface area (Å²) < 4.78 is 0. The first kappa shape index (κ1) is 11.3. The van der Waals surface area contributed by atoms with Crippen molar-refractivity contribution in [3.05, 3.63) is 23.9 Å². The quantitative estimate of drug-likeness (QED) is 0.840. The van der Waals surface area contributed by atoms with Gasteiger partial charge in [-0.25, -0.2) is 4.98 Å². The van der Waals surface area contributed by atoms with Gasteiger partial charge >= 0.3 is 0 Å². The molecule has 1 aliphatic rings. The van der Waals surface area contributed by atoms with Crippen LogP contribution in [0.4, 0.5) is 5.82 Å². The van der Waals surface area contributed by atoms with Crippen LogP contribution in [0, 0.1) is 0 Å². The Labute approximate surface area is 99.2 Å². The molecule has 4 nitrogen and oxygen atoms in total. The van der Waals surface area contributed by atoms with E-state index >= 15 is 0 Å². The van der Waals surface area contributed by atoms with Crippen LogP contribution in [-0.2, 0) is 0 Å². The van der Waals surface area contributed by atoms with E-state index in [1.54, 1.807) is 18.3 Å². The average molecular weight is 237 g/mol. The van der Waals surface area contributed by atoms with E-state index in [1.165, 1.54) is 0 Å². The molecule has 1 aromatic rings. The van der Waals surface area contributed by atoms with Crippen LogP contribution in [-0.4, -0.2) is 40.4 Å². The fourth-order valence-corrected chi connectivity index (χ4v) is 3.05. The number of nitrogen functional groups attached to an aromatic ring is 1. The molecule has 2 N–H and O–H groups in total. The summed E-state index contributed by atoms with van der Waals surface area (Å²) >= 11 is 1.90. The number of hydrogen-bond donors (Lipinski definition) is 1. The largest absolute Gasteiger partial charge is 0.384 e. The summed E-state index contributed by atoms with van der Waals surface area (Å²) in [5.41, 5.74) is 6.18. The lowest BCUT2D eigenvalue weighted by Crippen LogP contribution is -2.37. The van der Waals surface area contributed by atoms with Gasteiger partial charge in [0.2, 0.25) is 0 Å². The highest BCUT2D eigenvalue weighted by Gasteiger charge is 2.24. The van der Waals surface area contributed by atoms with Gasteiger partial charge in [-0.05, 0) is 24.3 Å². The molecule has 5 heteroatoms. The fraction of sp³-hybridized carbons (Fsp3) is 0.455. The lowest BCUT2D eigenvalue weighted by atomic mass is 10.2. The Morgan fingerprint density at radius 1 is 1.69 bits per heavy atom. The van der Waals surface area contributed by atoms with Gasteiger partial charge < -0.3 is 10.6 Å². The zero-order valence-corrected chi connectivity index (χ0v) is 10.0. The summed E-state index contributed by atoms with van der Waals surface area (Å²) in [5.74, 6) is 2.59. The van der Waals surface area contributed by atoms with Crippen LogP contribution in [0.1, 0.15) is 16.8 Å². The Morgan fingerprint density at radius 2 is 2.50 bits per heavy atom. The van der Waals surface area contributed by atoms with Gasteiger partial charge in [-0.15, -0.1) is 0 Å². The minimum absolute atomic E-state index is 0.0293. The number of hydrogen-bond acceptors (Lipinski definition) is 4. The zero-order chi connectivity index (χ0) is 11.5. The maximum Gasteiger partial charge on any atom is 0.254 e. The Balaban J connectivity index is 2.12. The highest BCUT2D eigenvalue weighted by Crippen LogP contribution is 2.22. The van der Waals surface area contributed by atoms with Crippen molar-refractivity contribution in [2.45, 2.75) is 12.5 Å². The van der Waals surface area contributed by atoms with Gasteiger partial charge in [0.25, 0.3) is 5.91 Å². The Kier molecular flexibility index (Phi) is 3.33. The summed E-state index contributed by atoms with van der Waals surface area (Å²) in [5, 5.41) is 0. The summed E-state index contributed by atoms with van der Waals surface area (Å²) in [6, 6.07) is 3.69. The van der Waals surface area contributed by atoms with Crippen molar-refractivity contribution in [2.24, 2.45) is 0 Å². The van der Waals surface area contributed by atoms with Gasteiger partial charge in [0, 0.05) is 30.6 Å². The van der Waals surface area contributed by atoms with Gasteiger partial charge in [-0.1, -0.05) is 0 Å². The summed E-state index contributed by atoms with van der Waals surface area (Å²) in [6.07, 6.45) is 2.65. The van der Waals surface area contributed by atoms with Crippen molar-refractivity contribution in [3.8, 4) is 0 Å². The zero-order valence-electron chi connectivity index (χ0n) is 9.22. The molecule has 2 rings (SSSR count). The number of nitrogens with zero attached hydrogens (tertiary/aromatic N) is 2. The van der Waals surface area contributed by atoms with E-state index in [-0.39, 0.29) is 5.91 Å². The molecule has 0 aliphatic carbocycles. The van der Waals surface area contributed by atoms with Crippen LogP contribution in [0.5, 0.6) is 0 Å². The fourth-order valence-electron chi connectivity index (χ4n) is 1.78. The van der Waals surface area contributed by atoms with Gasteiger partial charge in [-0.2, -0.15) is 11.8 Å². The van der Waals surface area contributed by atoms with Crippen molar-refractivity contribution in [1.29, 1.82) is 0 Å². The molecule has 1 unspecified atom stereocenters. The van der Waals surface area contributed by atoms with E-state index < -0.39 is 0 Å². The maximum absolute atomic E-state index is 12.1. The number of carbonyl (C=O) groups excluding carboxylic acids is 1. The van der Waals surface area contributed by atoms with Gasteiger partial charge in [0.15, 0.2) is 0 Å². The maximum atomic E-state index is 12.1. The molecule has 1 fully saturated rings. The van der Waals surface area contributed by atoms with E-state index in [2.05, 4.69) is 4.98 Å². The summed E-state index contributed by atoms with van der Waals surface area (Å²) in [6.45, 7) is 0. The van der Waals surface area contributed by atoms with E-state index in [9.17, 15) is 4.79 Å². The van der Waals surface area contributed by atoms with Crippen LogP contribution in [0.15, 0.2) is 18.3 Å². The van der Waals surface area contributed by atoms with Gasteiger partial charge in [0.05, 0.1) is 0 Å². The molecule has 2 heterocycles. The number of aromatic nitrogens is 1. The molecular weight excluding hydrogens is 222 g/mol. The third-order valence-electron chi connectivity index (χ3n) is 2.80. The third-order valence-corrected chi connectivity index (χ3v) is 3.95. The first-order chi connectivity index (χ1) is 7.68. The predicted octanol–water partition coefficient (Wildman–Crippen LogP) is 1.24. The van der Waals surface area contributed by atoms with Crippen molar-refractivity contribution < 1.29 is 4.79 Å². The second kappa shape index (κ2) is 4.74. The van der Waals surface area contributed by atoms with Crippen LogP contribution < -0.4 is 5.73 Å². The molecule has 1 aliphatic heterocycles. The van der Waals surface area contributed by atoms with Gasteiger partial charge in [-0.3, -0.25) is 4.79 Å². The smallest absolute Gasteiger partial charge is 0.254 e. The molecule has 0 spiro atoms. The molecule has 0 bridgehead atoms. The third kappa shape index (κ3) is 2.29. The lowest BCUT2D eigenvalue weighted by molar-refractivity contribution is 0.0748. The number of pyridine rings is 1. The number of anilines is 1. The number of nitrogens with two attached hydrogens (primary N) is 1. The topological polar surface area (TPSA) is 59.2 Å². The SMILES string of the molecule is CN(C(=O)c1ccnc(N)c1)C1CCSC1. The molecular formula is C11H15N3OS. The first-order valence-electron chi connectivity index (χ1n) is 5.25. The molecule has 0 aromatic carbocycles. The van der Waals surface area contributed by atoms with Crippen LogP contribution in [0.2, 0.25) is 0 Å². The van der Waals surface area contributed by atoms with Crippen molar-refractivity contribution in [3.63, 3.8) is 0 Å². The number of thioether (sulfide) groups is 1. The second-order valence-corrected chi connectivity index (χ2v) is 5.05. The Bertz CT molecular complexity index is 391. The monoisotopic (exact) mass is 237 g/mol. The Morgan fingerprint density at radius 3 is 3.12 bits per heavy atom. The van der Waals surface area contributed by atoms with Crippen LogP contribution in [0.3, 0.4) is 0 Å². The normalized spacial score (nSPS) is 19.7. The number of carbonyl (C=O) groups is 1. The standard InChI is InChI=1S/C11H15N3OS/c1-14(9-3-5-16-7-9)11(15)8-2-4-13-10(12)6-8/h2,4,6,9H,3,5,7H2,1H3,(H2,12,13). The minimum Gasteiger partial charge on any atom is -0.384 e. The van der Waals surface area contributed by atoms with E-state index in [4.69, 9.17) is 5.73 Å². The second-order valence-electron chi connectivity index (χ2n) is 3.90. The van der Waals surface area contributed by atoms with Crippen molar-refractivity contribution >= 4 is 23.5 Å². The van der Waals surface area contributed by atoms with Crippen molar-refractivity contribution in [1.82, 2.24) is 9.88 Å². The molecule has 0 saturated carbocycles. The number of rotatable bonds is 2. The average Bonchev–Trinajstić information content (AvgIpc) is 2.80. The first-order valence-corrected chi connectivity index (χ1v) is 6.40. The Hall–Kier alpha value is -1.23. The minimum atomic E-state index is 0.0293. The molecule has 0 radical (unpaired) electrons. The van der Waals surface area contributed by atoms with Crippen LogP contribution in [0.25, 0.3) is 0 Å². The molecule has 1 amide bonds. The molecule has 16 heavy (non-hydrogen) atoms. The predicted molar refractivity (Wildman–Crippen MR) is 66.5 cm³/mol. The molecule has 1 saturated heterocycles. The van der Waals surface area contributed by atoms with Gasteiger partial charge in [0.1, 0.15) is 5.82 Å². The van der Waals surface area contributed by atoms with E-state index in [1.807, 2.05) is 23.7 Å². The molecule has 86 valence electrons.